The van der Waals surface area contributed by atoms with E-state index < -0.39 is 0 Å². The van der Waals surface area contributed by atoms with Crippen LogP contribution in [0.1, 0.15) is 0 Å². The largest absolute Gasteiger partial charge is 0.456 e. The molecule has 2 aromatic carbocycles. The summed E-state index contributed by atoms with van der Waals surface area (Å²) in [6, 6.07) is 14.0. The number of hydrogen-bond donors (Lipinski definition) is 1. The highest BCUT2D eigenvalue weighted by Crippen LogP contribution is 2.25. The van der Waals surface area contributed by atoms with Gasteiger partial charge in [0.15, 0.2) is 0 Å². The third-order valence-corrected chi connectivity index (χ3v) is 3.43. The summed E-state index contributed by atoms with van der Waals surface area (Å²) in [7, 11) is 0. The first kappa shape index (κ1) is 13.0. The molecule has 0 radical (unpaired) electrons. The van der Waals surface area contributed by atoms with Crippen LogP contribution in [0, 0.1) is 0 Å². The zero-order chi connectivity index (χ0) is 14.1. The second kappa shape index (κ2) is 5.19. The van der Waals surface area contributed by atoms with Crippen LogP contribution >= 0.6 is 23.2 Å². The molecule has 3 rings (SSSR count). The van der Waals surface area contributed by atoms with Crippen LogP contribution in [0.2, 0.25) is 10.0 Å². The monoisotopic (exact) mass is 305 g/mol. The highest BCUT2D eigenvalue weighted by Gasteiger charge is 2.06. The highest BCUT2D eigenvalue weighted by molar-refractivity contribution is 6.31. The normalized spacial score (nSPS) is 12.0. The van der Waals surface area contributed by atoms with Gasteiger partial charge in [0.2, 0.25) is 0 Å². The molecule has 100 valence electrons. The summed E-state index contributed by atoms with van der Waals surface area (Å²) in [4.78, 5) is 0. The van der Waals surface area contributed by atoms with E-state index in [2.05, 4.69) is 5.16 Å². The van der Waals surface area contributed by atoms with Crippen LogP contribution < -0.4 is 5.36 Å². The Labute approximate surface area is 124 Å². The first-order valence-electron chi connectivity index (χ1n) is 5.85. The van der Waals surface area contributed by atoms with Crippen LogP contribution in [0.25, 0.3) is 22.3 Å². The maximum atomic E-state index is 9.16. The van der Waals surface area contributed by atoms with Gasteiger partial charge in [-0.3, -0.25) is 0 Å². The van der Waals surface area contributed by atoms with Crippen molar-refractivity contribution >= 4 is 34.2 Å². The van der Waals surface area contributed by atoms with Gasteiger partial charge in [0.1, 0.15) is 16.7 Å². The fraction of sp³-hybridized carbons (Fsp3) is 0. The maximum Gasteiger partial charge on any atom is 0.137 e. The van der Waals surface area contributed by atoms with Crippen molar-refractivity contribution in [2.24, 2.45) is 5.16 Å². The number of halogens is 2. The van der Waals surface area contributed by atoms with Crippen molar-refractivity contribution in [1.82, 2.24) is 0 Å². The van der Waals surface area contributed by atoms with Crippen LogP contribution in [-0.2, 0) is 0 Å². The Morgan fingerprint density at radius 2 is 1.60 bits per heavy atom. The van der Waals surface area contributed by atoms with E-state index >= 15 is 0 Å². The van der Waals surface area contributed by atoms with Gasteiger partial charge >= 0.3 is 0 Å². The summed E-state index contributed by atoms with van der Waals surface area (Å²) >= 11 is 11.8. The first-order chi connectivity index (χ1) is 9.67. The van der Waals surface area contributed by atoms with Crippen molar-refractivity contribution < 1.29 is 9.62 Å². The van der Waals surface area contributed by atoms with Crippen molar-refractivity contribution in [3.63, 3.8) is 0 Å². The molecule has 0 aliphatic rings. The number of hydrogen-bond acceptors (Lipinski definition) is 3. The molecule has 3 nitrogen and oxygen atoms in total. The van der Waals surface area contributed by atoms with E-state index in [1.54, 1.807) is 36.4 Å². The van der Waals surface area contributed by atoms with Gasteiger partial charge in [-0.1, -0.05) is 28.4 Å². The van der Waals surface area contributed by atoms with E-state index in [0.29, 0.717) is 32.1 Å². The molecular formula is C15H9Cl2NO2. The van der Waals surface area contributed by atoms with Gasteiger partial charge in [0.25, 0.3) is 0 Å². The predicted molar refractivity (Wildman–Crippen MR) is 79.0 cm³/mol. The lowest BCUT2D eigenvalue weighted by molar-refractivity contribution is 0.302. The Morgan fingerprint density at radius 1 is 0.900 bits per heavy atom. The second-order valence-corrected chi connectivity index (χ2v) is 5.12. The lowest BCUT2D eigenvalue weighted by Gasteiger charge is -2.04. The molecule has 0 fully saturated rings. The third kappa shape index (κ3) is 2.38. The first-order valence-corrected chi connectivity index (χ1v) is 6.60. The van der Waals surface area contributed by atoms with E-state index in [4.69, 9.17) is 32.8 Å². The SMILES string of the molecule is O/N=c1\cc(-c2ccc(Cl)cc2)oc2ccc(Cl)cc12. The predicted octanol–water partition coefficient (Wildman–Crippen LogP) is 4.70. The number of fused-ring (bicyclic) bond motifs is 1. The van der Waals surface area contributed by atoms with Crippen molar-refractivity contribution in [1.29, 1.82) is 0 Å². The Bertz CT molecular complexity index is 839. The Hall–Kier alpha value is -1.97. The van der Waals surface area contributed by atoms with Gasteiger partial charge in [0, 0.05) is 27.1 Å². The zero-order valence-electron chi connectivity index (χ0n) is 10.2. The summed E-state index contributed by atoms with van der Waals surface area (Å²) in [5, 5.41) is 14.7. The van der Waals surface area contributed by atoms with Gasteiger partial charge in [-0.25, -0.2) is 0 Å². The standard InChI is InChI=1S/C15H9Cl2NO2/c16-10-3-1-9(2-4-10)15-8-13(18-19)12-7-11(17)5-6-14(12)20-15/h1-8,19H/b18-13+. The van der Waals surface area contributed by atoms with Crippen molar-refractivity contribution in [2.45, 2.75) is 0 Å². The molecule has 1 N–H and O–H groups in total. The van der Waals surface area contributed by atoms with Crippen molar-refractivity contribution in [2.75, 3.05) is 0 Å². The van der Waals surface area contributed by atoms with Crippen LogP contribution in [0.5, 0.6) is 0 Å². The summed E-state index contributed by atoms with van der Waals surface area (Å²) in [5.74, 6) is 0.587. The molecule has 0 bridgehead atoms. The van der Waals surface area contributed by atoms with Gasteiger partial charge in [-0.05, 0) is 42.5 Å². The highest BCUT2D eigenvalue weighted by atomic mass is 35.5. The van der Waals surface area contributed by atoms with Gasteiger partial charge in [-0.15, -0.1) is 0 Å². The minimum absolute atomic E-state index is 0.402. The Balaban J connectivity index is 2.28. The molecule has 0 saturated carbocycles. The molecule has 0 atom stereocenters. The summed E-state index contributed by atoms with van der Waals surface area (Å²) in [5.41, 5.74) is 1.44. The molecule has 1 aromatic heterocycles. The van der Waals surface area contributed by atoms with E-state index in [0.717, 1.165) is 5.56 Å². The quantitative estimate of drug-likeness (QED) is 0.523. The molecular weight excluding hydrogens is 297 g/mol. The van der Waals surface area contributed by atoms with Gasteiger partial charge < -0.3 is 9.62 Å². The number of rotatable bonds is 1. The van der Waals surface area contributed by atoms with Crippen LogP contribution in [0.15, 0.2) is 58.1 Å². The number of nitrogens with zero attached hydrogens (tertiary/aromatic N) is 1. The second-order valence-electron chi connectivity index (χ2n) is 4.24. The average Bonchev–Trinajstić information content (AvgIpc) is 2.47. The number of benzene rings is 2. The minimum atomic E-state index is 0.402. The Morgan fingerprint density at radius 3 is 2.30 bits per heavy atom. The lowest BCUT2D eigenvalue weighted by atomic mass is 10.1. The molecule has 0 saturated heterocycles. The van der Waals surface area contributed by atoms with Gasteiger partial charge in [0.05, 0.1) is 0 Å². The van der Waals surface area contributed by atoms with Crippen molar-refractivity contribution in [3.05, 3.63) is 63.9 Å². The molecule has 0 spiro atoms. The molecule has 3 aromatic rings. The fourth-order valence-electron chi connectivity index (χ4n) is 1.98. The molecule has 1 heterocycles. The van der Waals surface area contributed by atoms with Gasteiger partial charge in [-0.2, -0.15) is 0 Å². The fourth-order valence-corrected chi connectivity index (χ4v) is 2.28. The Kier molecular flexibility index (Phi) is 3.38. The molecule has 0 aliphatic heterocycles. The molecule has 0 unspecified atom stereocenters. The summed E-state index contributed by atoms with van der Waals surface area (Å²) < 4.78 is 5.81. The molecule has 5 heteroatoms. The van der Waals surface area contributed by atoms with E-state index in [9.17, 15) is 0 Å². The molecule has 20 heavy (non-hydrogen) atoms. The van der Waals surface area contributed by atoms with Crippen LogP contribution in [0.3, 0.4) is 0 Å². The smallest absolute Gasteiger partial charge is 0.137 e. The van der Waals surface area contributed by atoms with Crippen LogP contribution in [0.4, 0.5) is 0 Å². The molecule has 0 aliphatic carbocycles. The zero-order valence-corrected chi connectivity index (χ0v) is 11.7. The molecule has 0 amide bonds. The van der Waals surface area contributed by atoms with E-state index in [1.807, 2.05) is 12.1 Å². The lowest BCUT2D eigenvalue weighted by Crippen LogP contribution is -2.03. The average molecular weight is 306 g/mol. The topological polar surface area (TPSA) is 45.7 Å². The van der Waals surface area contributed by atoms with E-state index in [-0.39, 0.29) is 0 Å². The summed E-state index contributed by atoms with van der Waals surface area (Å²) in [6.07, 6.45) is 0. The maximum absolute atomic E-state index is 9.16. The van der Waals surface area contributed by atoms with Crippen LogP contribution in [-0.4, -0.2) is 5.21 Å². The van der Waals surface area contributed by atoms with E-state index in [1.165, 1.54) is 0 Å². The van der Waals surface area contributed by atoms with Crippen molar-refractivity contribution in [3.8, 4) is 11.3 Å². The third-order valence-electron chi connectivity index (χ3n) is 2.94. The summed E-state index contributed by atoms with van der Waals surface area (Å²) in [6.45, 7) is 0. The minimum Gasteiger partial charge on any atom is -0.456 e.